The number of ether oxygens (including phenoxy) is 1. The van der Waals surface area contributed by atoms with Gasteiger partial charge in [-0.15, -0.1) is 0 Å². The summed E-state index contributed by atoms with van der Waals surface area (Å²) in [7, 11) is 0. The minimum atomic E-state index is -0.785. The summed E-state index contributed by atoms with van der Waals surface area (Å²) in [6, 6.07) is 3.32. The molecule has 0 saturated carbocycles. The van der Waals surface area contributed by atoms with Gasteiger partial charge in [0.2, 0.25) is 5.91 Å². The highest BCUT2D eigenvalue weighted by Crippen LogP contribution is 2.31. The Morgan fingerprint density at radius 3 is 2.67 bits per heavy atom. The normalized spacial score (nSPS) is 17.2. The van der Waals surface area contributed by atoms with Crippen molar-refractivity contribution in [2.24, 2.45) is 11.1 Å². The number of non-ortho nitro benzene ring substituents is 1. The van der Waals surface area contributed by atoms with Gasteiger partial charge in [-0.05, 0) is 18.9 Å². The third kappa shape index (κ3) is 3.27. The van der Waals surface area contributed by atoms with Crippen LogP contribution in [0.2, 0.25) is 0 Å². The Balaban J connectivity index is 2.11. The summed E-state index contributed by atoms with van der Waals surface area (Å²) in [4.78, 5) is 21.6. The Kier molecular flexibility index (Phi) is 4.37. The maximum Gasteiger partial charge on any atom is 0.272 e. The molecular weight excluding hydrogens is 281 g/mol. The molecule has 1 amide bonds. The highest BCUT2D eigenvalue weighted by atomic mass is 19.1. The zero-order valence-corrected chi connectivity index (χ0v) is 11.3. The number of benzene rings is 1. The van der Waals surface area contributed by atoms with Crippen molar-refractivity contribution >= 4 is 17.3 Å². The Morgan fingerprint density at radius 1 is 1.48 bits per heavy atom. The molecule has 3 N–H and O–H groups in total. The van der Waals surface area contributed by atoms with Crippen LogP contribution in [-0.2, 0) is 9.53 Å². The number of nitro benzene ring substituents is 1. The lowest BCUT2D eigenvalue weighted by Gasteiger charge is -2.34. The van der Waals surface area contributed by atoms with Crippen LogP contribution in [0.25, 0.3) is 0 Å². The summed E-state index contributed by atoms with van der Waals surface area (Å²) in [6.07, 6.45) is 0.924. The van der Waals surface area contributed by atoms with Crippen molar-refractivity contribution in [3.63, 3.8) is 0 Å². The standard InChI is InChI=1S/C13H16FN3O4/c14-10-7-9(17(19)20)1-2-11(10)16-8-13(12(15)18)3-5-21-6-4-13/h1-2,7,16H,3-6,8H2,(H2,15,18). The number of primary amides is 1. The van der Waals surface area contributed by atoms with Crippen molar-refractivity contribution < 1.29 is 18.8 Å². The Hall–Kier alpha value is -2.22. The number of hydrogen-bond donors (Lipinski definition) is 2. The molecular formula is C13H16FN3O4. The van der Waals surface area contributed by atoms with E-state index in [1.165, 1.54) is 12.1 Å². The topological polar surface area (TPSA) is 107 Å². The summed E-state index contributed by atoms with van der Waals surface area (Å²) in [5.41, 5.74) is 4.44. The molecule has 0 bridgehead atoms. The zero-order chi connectivity index (χ0) is 15.5. The lowest BCUT2D eigenvalue weighted by molar-refractivity contribution is -0.385. The van der Waals surface area contributed by atoms with Gasteiger partial charge in [0.25, 0.3) is 5.69 Å². The molecule has 1 fully saturated rings. The van der Waals surface area contributed by atoms with E-state index in [0.29, 0.717) is 26.1 Å². The molecule has 0 aromatic heterocycles. The van der Waals surface area contributed by atoms with E-state index in [2.05, 4.69) is 5.32 Å². The maximum absolute atomic E-state index is 13.8. The van der Waals surface area contributed by atoms with Crippen LogP contribution in [0.5, 0.6) is 0 Å². The van der Waals surface area contributed by atoms with Gasteiger partial charge in [-0.3, -0.25) is 14.9 Å². The number of nitrogens with two attached hydrogens (primary N) is 1. The number of nitro groups is 1. The largest absolute Gasteiger partial charge is 0.382 e. The van der Waals surface area contributed by atoms with Gasteiger partial charge in [-0.2, -0.15) is 0 Å². The van der Waals surface area contributed by atoms with Crippen LogP contribution in [0.1, 0.15) is 12.8 Å². The van der Waals surface area contributed by atoms with Gasteiger partial charge in [0, 0.05) is 25.8 Å². The molecule has 114 valence electrons. The first-order chi connectivity index (χ1) is 9.94. The zero-order valence-electron chi connectivity index (χ0n) is 11.3. The van der Waals surface area contributed by atoms with Crippen LogP contribution in [0, 0.1) is 21.3 Å². The fourth-order valence-electron chi connectivity index (χ4n) is 2.30. The Bertz CT molecular complexity index is 558. The van der Waals surface area contributed by atoms with E-state index in [9.17, 15) is 19.3 Å². The number of nitrogens with one attached hydrogen (secondary N) is 1. The molecule has 1 aromatic carbocycles. The first kappa shape index (κ1) is 15.2. The second-order valence-corrected chi connectivity index (χ2v) is 5.03. The lowest BCUT2D eigenvalue weighted by Crippen LogP contribution is -2.46. The number of carbonyl (C=O) groups excluding carboxylic acids is 1. The number of anilines is 1. The third-order valence-corrected chi connectivity index (χ3v) is 3.75. The summed E-state index contributed by atoms with van der Waals surface area (Å²) in [6.45, 7) is 1.02. The average molecular weight is 297 g/mol. The average Bonchev–Trinajstić information content (AvgIpc) is 2.46. The predicted octanol–water partition coefficient (Wildman–Crippen LogP) is 1.43. The Labute approximate surface area is 120 Å². The lowest BCUT2D eigenvalue weighted by atomic mass is 9.79. The van der Waals surface area contributed by atoms with E-state index in [1.54, 1.807) is 0 Å². The smallest absolute Gasteiger partial charge is 0.272 e. The number of nitrogens with zero attached hydrogens (tertiary/aromatic N) is 1. The predicted molar refractivity (Wildman–Crippen MR) is 73.2 cm³/mol. The number of carbonyl (C=O) groups is 1. The van der Waals surface area contributed by atoms with Crippen LogP contribution >= 0.6 is 0 Å². The van der Waals surface area contributed by atoms with Crippen molar-refractivity contribution in [1.82, 2.24) is 0 Å². The van der Waals surface area contributed by atoms with Crippen LogP contribution < -0.4 is 11.1 Å². The van der Waals surface area contributed by atoms with Crippen LogP contribution in [0.15, 0.2) is 18.2 Å². The summed E-state index contributed by atoms with van der Waals surface area (Å²) >= 11 is 0. The first-order valence-electron chi connectivity index (χ1n) is 6.50. The number of halogens is 1. The van der Waals surface area contributed by atoms with Crippen molar-refractivity contribution in [1.29, 1.82) is 0 Å². The van der Waals surface area contributed by atoms with Gasteiger partial charge in [0.05, 0.1) is 22.1 Å². The molecule has 1 saturated heterocycles. The fourth-order valence-corrected chi connectivity index (χ4v) is 2.30. The second-order valence-electron chi connectivity index (χ2n) is 5.03. The summed E-state index contributed by atoms with van der Waals surface area (Å²) < 4.78 is 19.0. The molecule has 0 unspecified atom stereocenters. The van der Waals surface area contributed by atoms with Crippen LogP contribution in [0.4, 0.5) is 15.8 Å². The van der Waals surface area contributed by atoms with E-state index in [0.717, 1.165) is 6.07 Å². The highest BCUT2D eigenvalue weighted by Gasteiger charge is 2.38. The van der Waals surface area contributed by atoms with Crippen LogP contribution in [0.3, 0.4) is 0 Å². The van der Waals surface area contributed by atoms with Gasteiger partial charge in [0.1, 0.15) is 0 Å². The van der Waals surface area contributed by atoms with Crippen molar-refractivity contribution in [2.45, 2.75) is 12.8 Å². The van der Waals surface area contributed by atoms with Crippen molar-refractivity contribution in [2.75, 3.05) is 25.1 Å². The quantitative estimate of drug-likeness (QED) is 0.631. The van der Waals surface area contributed by atoms with Crippen molar-refractivity contribution in [3.8, 4) is 0 Å². The van der Waals surface area contributed by atoms with Gasteiger partial charge in [-0.25, -0.2) is 4.39 Å². The van der Waals surface area contributed by atoms with Gasteiger partial charge < -0.3 is 15.8 Å². The van der Waals surface area contributed by atoms with Crippen LogP contribution in [-0.4, -0.2) is 30.6 Å². The fraction of sp³-hybridized carbons (Fsp3) is 0.462. The highest BCUT2D eigenvalue weighted by molar-refractivity contribution is 5.81. The molecule has 7 nitrogen and oxygen atoms in total. The van der Waals surface area contributed by atoms with E-state index in [4.69, 9.17) is 10.5 Å². The molecule has 0 atom stereocenters. The molecule has 0 aliphatic carbocycles. The monoisotopic (exact) mass is 297 g/mol. The maximum atomic E-state index is 13.8. The molecule has 1 aliphatic rings. The van der Waals surface area contributed by atoms with E-state index in [-0.39, 0.29) is 17.9 Å². The first-order valence-corrected chi connectivity index (χ1v) is 6.50. The van der Waals surface area contributed by atoms with E-state index < -0.39 is 22.1 Å². The summed E-state index contributed by atoms with van der Waals surface area (Å²) in [5.74, 6) is -1.20. The molecule has 1 aromatic rings. The molecule has 1 heterocycles. The van der Waals surface area contributed by atoms with Crippen molar-refractivity contribution in [3.05, 3.63) is 34.1 Å². The molecule has 2 rings (SSSR count). The van der Waals surface area contributed by atoms with Gasteiger partial charge >= 0.3 is 0 Å². The Morgan fingerprint density at radius 2 is 2.14 bits per heavy atom. The third-order valence-electron chi connectivity index (χ3n) is 3.75. The molecule has 0 spiro atoms. The second kappa shape index (κ2) is 6.04. The molecule has 21 heavy (non-hydrogen) atoms. The minimum absolute atomic E-state index is 0.104. The molecule has 1 aliphatic heterocycles. The minimum Gasteiger partial charge on any atom is -0.382 e. The molecule has 0 radical (unpaired) electrons. The van der Waals surface area contributed by atoms with Gasteiger partial charge in [0.15, 0.2) is 5.82 Å². The molecule has 8 heteroatoms. The summed E-state index contributed by atoms with van der Waals surface area (Å²) in [5, 5.41) is 13.4. The SMILES string of the molecule is NC(=O)C1(CNc2ccc([N+](=O)[O-])cc2F)CCOCC1. The number of rotatable bonds is 5. The van der Waals surface area contributed by atoms with E-state index in [1.807, 2.05) is 0 Å². The number of hydrogen-bond acceptors (Lipinski definition) is 5. The van der Waals surface area contributed by atoms with E-state index >= 15 is 0 Å². The number of amides is 1. The van der Waals surface area contributed by atoms with Gasteiger partial charge in [-0.1, -0.05) is 0 Å².